The van der Waals surface area contributed by atoms with E-state index in [-0.39, 0.29) is 18.5 Å². The van der Waals surface area contributed by atoms with Crippen molar-refractivity contribution in [2.45, 2.75) is 38.3 Å². The molecule has 8 heteroatoms. The van der Waals surface area contributed by atoms with Gasteiger partial charge in [0, 0.05) is 42.7 Å². The van der Waals surface area contributed by atoms with Crippen molar-refractivity contribution < 1.29 is 13.6 Å². The van der Waals surface area contributed by atoms with Gasteiger partial charge in [0.1, 0.15) is 17.5 Å². The highest BCUT2D eigenvalue weighted by molar-refractivity contribution is 6.08. The van der Waals surface area contributed by atoms with Gasteiger partial charge in [-0.3, -0.25) is 4.79 Å². The van der Waals surface area contributed by atoms with Crippen LogP contribution in [0, 0.1) is 23.0 Å². The van der Waals surface area contributed by atoms with Crippen LogP contribution in [0.2, 0.25) is 0 Å². The molecule has 2 aliphatic heterocycles. The van der Waals surface area contributed by atoms with Gasteiger partial charge in [-0.15, -0.1) is 0 Å². The number of rotatable bonds is 7. The zero-order valence-corrected chi connectivity index (χ0v) is 22.7. The Balaban J connectivity index is 1.36. The molecule has 3 aromatic carbocycles. The Morgan fingerprint density at radius 1 is 0.951 bits per heavy atom. The van der Waals surface area contributed by atoms with Gasteiger partial charge >= 0.3 is 0 Å². The van der Waals surface area contributed by atoms with Gasteiger partial charge in [-0.1, -0.05) is 24.3 Å². The van der Waals surface area contributed by atoms with Crippen LogP contribution >= 0.6 is 0 Å². The molecule has 1 aromatic heterocycles. The summed E-state index contributed by atoms with van der Waals surface area (Å²) in [6.07, 6.45) is 4.37. The van der Waals surface area contributed by atoms with Gasteiger partial charge in [-0.05, 0) is 86.3 Å². The average Bonchev–Trinajstić information content (AvgIpc) is 3.68. The highest BCUT2D eigenvalue weighted by Crippen LogP contribution is 2.31. The monoisotopic (exact) mass is 551 g/mol. The quantitative estimate of drug-likeness (QED) is 0.289. The van der Waals surface area contributed by atoms with Crippen molar-refractivity contribution in [1.82, 2.24) is 14.8 Å². The number of fused-ring (bicyclic) bond motifs is 1. The maximum atomic E-state index is 14.3. The first-order chi connectivity index (χ1) is 20.0. The lowest BCUT2D eigenvalue weighted by Crippen LogP contribution is -2.42. The molecule has 0 radical (unpaired) electrons. The van der Waals surface area contributed by atoms with Crippen molar-refractivity contribution in [3.8, 4) is 17.2 Å². The highest BCUT2D eigenvalue weighted by Gasteiger charge is 2.32. The molecule has 6 nitrogen and oxygen atoms in total. The number of pyridine rings is 1. The number of nitriles is 1. The van der Waals surface area contributed by atoms with Crippen molar-refractivity contribution in [2.75, 3.05) is 31.5 Å². The molecule has 2 fully saturated rings. The molecular formula is C33H31F2N5O. The van der Waals surface area contributed by atoms with E-state index >= 15 is 0 Å². The maximum absolute atomic E-state index is 14.3. The average molecular weight is 552 g/mol. The number of hydrogen-bond acceptors (Lipinski definition) is 5. The van der Waals surface area contributed by atoms with Crippen LogP contribution in [-0.2, 0) is 6.54 Å². The van der Waals surface area contributed by atoms with Crippen LogP contribution < -0.4 is 5.32 Å². The topological polar surface area (TPSA) is 72.3 Å². The third-order valence-electron chi connectivity index (χ3n) is 8.17. The molecule has 0 bridgehead atoms. The third-order valence-corrected chi connectivity index (χ3v) is 8.17. The fourth-order valence-electron chi connectivity index (χ4n) is 5.97. The second-order valence-corrected chi connectivity index (χ2v) is 10.9. The summed E-state index contributed by atoms with van der Waals surface area (Å²) in [6, 6.07) is 20.7. The van der Waals surface area contributed by atoms with Crippen molar-refractivity contribution >= 4 is 22.6 Å². The van der Waals surface area contributed by atoms with E-state index in [1.807, 2.05) is 35.2 Å². The standard InChI is InChI=1S/C33H31F2N5O/c34-26-11-9-25(30(35)17-26)20-37-32-18-29(33(41)40-15-3-4-27(40)21-39-13-1-2-14-39)28-16-24(10-12-31(28)38-32)23-7-5-22(19-36)6-8-23/h5-12,16-18,27H,1-4,13-15,20-21H2,(H,37,38)/t27-/m0/s1. The Morgan fingerprint density at radius 3 is 2.49 bits per heavy atom. The molecule has 0 saturated carbocycles. The fraction of sp³-hybridized carbons (Fsp3) is 0.303. The molecule has 6 rings (SSSR count). The summed E-state index contributed by atoms with van der Waals surface area (Å²) in [7, 11) is 0. The molecule has 0 unspecified atom stereocenters. The van der Waals surface area contributed by atoms with Crippen LogP contribution in [0.15, 0.2) is 66.7 Å². The molecule has 1 N–H and O–H groups in total. The first-order valence-corrected chi connectivity index (χ1v) is 14.1. The number of likely N-dealkylation sites (tertiary alicyclic amines) is 2. The Bertz CT molecular complexity index is 1630. The first-order valence-electron chi connectivity index (χ1n) is 14.1. The van der Waals surface area contributed by atoms with Gasteiger partial charge in [-0.2, -0.15) is 5.26 Å². The predicted octanol–water partition coefficient (Wildman–Crippen LogP) is 6.36. The molecular weight excluding hydrogens is 520 g/mol. The molecule has 41 heavy (non-hydrogen) atoms. The second-order valence-electron chi connectivity index (χ2n) is 10.9. The van der Waals surface area contributed by atoms with Crippen LogP contribution in [0.1, 0.15) is 47.2 Å². The number of carbonyl (C=O) groups is 1. The normalized spacial score (nSPS) is 17.2. The number of carbonyl (C=O) groups excluding carboxylic acids is 1. The van der Waals surface area contributed by atoms with E-state index in [2.05, 4.69) is 16.3 Å². The highest BCUT2D eigenvalue weighted by atomic mass is 19.1. The number of aromatic nitrogens is 1. The Kier molecular flexibility index (Phi) is 7.62. The van der Waals surface area contributed by atoms with E-state index in [1.54, 1.807) is 18.2 Å². The van der Waals surface area contributed by atoms with E-state index in [9.17, 15) is 18.8 Å². The summed E-state index contributed by atoms with van der Waals surface area (Å²) in [5.74, 6) is -0.850. The van der Waals surface area contributed by atoms with Crippen LogP contribution in [-0.4, -0.2) is 52.9 Å². The van der Waals surface area contributed by atoms with E-state index in [0.717, 1.165) is 55.1 Å². The van der Waals surface area contributed by atoms with Gasteiger partial charge in [0.2, 0.25) is 0 Å². The number of amides is 1. The van der Waals surface area contributed by atoms with Crippen molar-refractivity contribution in [3.63, 3.8) is 0 Å². The number of nitrogens with one attached hydrogen (secondary N) is 1. The predicted molar refractivity (Wildman–Crippen MR) is 155 cm³/mol. The molecule has 2 aliphatic rings. The van der Waals surface area contributed by atoms with Gasteiger partial charge in [0.05, 0.1) is 22.7 Å². The maximum Gasteiger partial charge on any atom is 0.254 e. The summed E-state index contributed by atoms with van der Waals surface area (Å²) >= 11 is 0. The van der Waals surface area contributed by atoms with Gasteiger partial charge in [-0.25, -0.2) is 13.8 Å². The van der Waals surface area contributed by atoms with E-state index in [4.69, 9.17) is 4.98 Å². The minimum absolute atomic E-state index is 0.0351. The number of anilines is 1. The van der Waals surface area contributed by atoms with Crippen LogP contribution in [0.25, 0.3) is 22.0 Å². The number of nitrogens with zero attached hydrogens (tertiary/aromatic N) is 4. The lowest BCUT2D eigenvalue weighted by atomic mass is 9.99. The molecule has 4 aromatic rings. The Morgan fingerprint density at radius 2 is 1.73 bits per heavy atom. The van der Waals surface area contributed by atoms with E-state index in [1.165, 1.54) is 25.0 Å². The summed E-state index contributed by atoms with van der Waals surface area (Å²) in [4.78, 5) is 23.4. The minimum atomic E-state index is -0.636. The van der Waals surface area contributed by atoms with Crippen molar-refractivity contribution in [2.24, 2.45) is 0 Å². The van der Waals surface area contributed by atoms with Crippen LogP contribution in [0.5, 0.6) is 0 Å². The number of halogens is 2. The number of hydrogen-bond donors (Lipinski definition) is 1. The largest absolute Gasteiger partial charge is 0.366 e. The third kappa shape index (κ3) is 5.77. The minimum Gasteiger partial charge on any atom is -0.366 e. The number of benzene rings is 3. The van der Waals surface area contributed by atoms with Gasteiger partial charge < -0.3 is 15.1 Å². The summed E-state index contributed by atoms with van der Waals surface area (Å²) in [5.41, 5.74) is 3.93. The first kappa shape index (κ1) is 26.9. The molecule has 0 spiro atoms. The molecule has 2 saturated heterocycles. The Hall–Kier alpha value is -4.35. The zero-order valence-electron chi connectivity index (χ0n) is 22.7. The zero-order chi connectivity index (χ0) is 28.3. The summed E-state index contributed by atoms with van der Waals surface area (Å²) < 4.78 is 27.7. The lowest BCUT2D eigenvalue weighted by Gasteiger charge is -2.29. The smallest absolute Gasteiger partial charge is 0.254 e. The summed E-state index contributed by atoms with van der Waals surface area (Å²) in [6.45, 7) is 3.86. The van der Waals surface area contributed by atoms with Crippen molar-refractivity contribution in [3.05, 3.63) is 95.1 Å². The van der Waals surface area contributed by atoms with Gasteiger partial charge in [0.15, 0.2) is 0 Å². The Labute approximate surface area is 238 Å². The SMILES string of the molecule is N#Cc1ccc(-c2ccc3nc(NCc4ccc(F)cc4F)cc(C(=O)N4CCC[C@H]4CN4CCCC4)c3c2)cc1. The molecule has 1 atom stereocenters. The van der Waals surface area contributed by atoms with E-state index < -0.39 is 11.6 Å². The fourth-order valence-corrected chi connectivity index (χ4v) is 5.97. The molecule has 1 amide bonds. The van der Waals surface area contributed by atoms with Crippen LogP contribution in [0.3, 0.4) is 0 Å². The lowest BCUT2D eigenvalue weighted by molar-refractivity contribution is 0.0710. The van der Waals surface area contributed by atoms with Crippen LogP contribution in [0.4, 0.5) is 14.6 Å². The molecule has 3 heterocycles. The van der Waals surface area contributed by atoms with E-state index in [0.29, 0.717) is 34.6 Å². The van der Waals surface area contributed by atoms with Crippen molar-refractivity contribution in [1.29, 1.82) is 5.26 Å². The summed E-state index contributed by atoms with van der Waals surface area (Å²) in [5, 5.41) is 13.1. The molecule has 0 aliphatic carbocycles. The second kappa shape index (κ2) is 11.6. The van der Waals surface area contributed by atoms with Gasteiger partial charge in [0.25, 0.3) is 5.91 Å². The molecule has 208 valence electrons.